The molecule has 17 heavy (non-hydrogen) atoms. The molecule has 2 atom stereocenters. The lowest BCUT2D eigenvalue weighted by atomic mass is 10.2. The number of rotatable bonds is 6. The molecule has 0 saturated carbocycles. The summed E-state index contributed by atoms with van der Waals surface area (Å²) in [6.45, 7) is 1.20. The molecule has 0 spiro atoms. The topological polar surface area (TPSA) is 54.4 Å². The maximum absolute atomic E-state index is 9.54. The zero-order chi connectivity index (χ0) is 12.1. The molecule has 2 rings (SSSR count). The Hall–Kier alpha value is -0.970. The van der Waals surface area contributed by atoms with Gasteiger partial charge in [0.05, 0.1) is 24.4 Å². The van der Waals surface area contributed by atoms with Crippen molar-refractivity contribution in [3.05, 3.63) is 29.6 Å². The third-order valence-electron chi connectivity index (χ3n) is 3.19. The molecule has 4 nitrogen and oxygen atoms in total. The highest BCUT2D eigenvalue weighted by atomic mass is 16.5. The number of pyridine rings is 1. The first-order valence-corrected chi connectivity index (χ1v) is 6.15. The van der Waals surface area contributed by atoms with Gasteiger partial charge in [-0.3, -0.25) is 4.98 Å². The Morgan fingerprint density at radius 3 is 3.35 bits per heavy atom. The molecule has 2 N–H and O–H groups in total. The Labute approximate surface area is 102 Å². The van der Waals surface area contributed by atoms with Gasteiger partial charge in [-0.25, -0.2) is 0 Å². The standard InChI is InChI=1S/C13H20N2O2/c1-17-9-11(16)6-8-14-12-5-4-10-3-2-7-15-13(10)12/h2-3,7,11-12,14,16H,4-6,8-9H2,1H3. The molecule has 0 aromatic carbocycles. The van der Waals surface area contributed by atoms with E-state index in [-0.39, 0.29) is 6.10 Å². The van der Waals surface area contributed by atoms with Crippen LogP contribution in [0.25, 0.3) is 0 Å². The fourth-order valence-corrected chi connectivity index (χ4v) is 2.31. The molecule has 0 radical (unpaired) electrons. The summed E-state index contributed by atoms with van der Waals surface area (Å²) in [6.07, 6.45) is 4.39. The van der Waals surface area contributed by atoms with Gasteiger partial charge in [-0.05, 0) is 37.4 Å². The molecule has 0 fully saturated rings. The van der Waals surface area contributed by atoms with E-state index < -0.39 is 0 Å². The molecule has 0 saturated heterocycles. The average molecular weight is 236 g/mol. The Morgan fingerprint density at radius 2 is 2.53 bits per heavy atom. The first kappa shape index (κ1) is 12.5. The number of nitrogens with one attached hydrogen (secondary N) is 1. The zero-order valence-electron chi connectivity index (χ0n) is 10.2. The second-order valence-electron chi connectivity index (χ2n) is 4.49. The molecule has 0 bridgehead atoms. The van der Waals surface area contributed by atoms with Crippen molar-refractivity contribution in [1.82, 2.24) is 10.3 Å². The second kappa shape index (κ2) is 6.10. The van der Waals surface area contributed by atoms with Crippen molar-refractivity contribution < 1.29 is 9.84 Å². The van der Waals surface area contributed by atoms with Crippen LogP contribution >= 0.6 is 0 Å². The summed E-state index contributed by atoms with van der Waals surface area (Å²) in [5.41, 5.74) is 2.52. The molecule has 2 unspecified atom stereocenters. The summed E-state index contributed by atoms with van der Waals surface area (Å²) < 4.78 is 4.89. The van der Waals surface area contributed by atoms with Crippen LogP contribution in [-0.2, 0) is 11.2 Å². The maximum Gasteiger partial charge on any atom is 0.0785 e. The Morgan fingerprint density at radius 1 is 1.65 bits per heavy atom. The van der Waals surface area contributed by atoms with E-state index in [4.69, 9.17) is 4.74 Å². The highest BCUT2D eigenvalue weighted by Crippen LogP contribution is 2.28. The van der Waals surface area contributed by atoms with E-state index in [2.05, 4.69) is 16.4 Å². The summed E-state index contributed by atoms with van der Waals surface area (Å²) in [7, 11) is 1.60. The summed E-state index contributed by atoms with van der Waals surface area (Å²) in [5, 5.41) is 13.0. The number of nitrogens with zero attached hydrogens (tertiary/aromatic N) is 1. The highest BCUT2D eigenvalue weighted by Gasteiger charge is 2.22. The molecule has 1 aromatic rings. The molecule has 4 heteroatoms. The Kier molecular flexibility index (Phi) is 4.48. The summed E-state index contributed by atoms with van der Waals surface area (Å²) in [4.78, 5) is 4.43. The van der Waals surface area contributed by atoms with Crippen LogP contribution in [0.4, 0.5) is 0 Å². The smallest absolute Gasteiger partial charge is 0.0785 e. The van der Waals surface area contributed by atoms with Crippen LogP contribution in [0.5, 0.6) is 0 Å². The van der Waals surface area contributed by atoms with Gasteiger partial charge in [-0.1, -0.05) is 6.07 Å². The minimum Gasteiger partial charge on any atom is -0.391 e. The average Bonchev–Trinajstić information content (AvgIpc) is 2.73. The minimum atomic E-state index is -0.378. The lowest BCUT2D eigenvalue weighted by Gasteiger charge is -2.15. The van der Waals surface area contributed by atoms with Crippen LogP contribution in [0.2, 0.25) is 0 Å². The number of ether oxygens (including phenoxy) is 1. The van der Waals surface area contributed by atoms with Crippen molar-refractivity contribution in [3.8, 4) is 0 Å². The number of hydrogen-bond acceptors (Lipinski definition) is 4. The number of aliphatic hydroxyl groups is 1. The number of aromatic nitrogens is 1. The van der Waals surface area contributed by atoms with Crippen LogP contribution in [0.3, 0.4) is 0 Å². The number of aryl methyl sites for hydroxylation is 1. The van der Waals surface area contributed by atoms with Gasteiger partial charge in [-0.2, -0.15) is 0 Å². The van der Waals surface area contributed by atoms with E-state index in [1.165, 1.54) is 11.3 Å². The predicted molar refractivity (Wildman–Crippen MR) is 65.8 cm³/mol. The van der Waals surface area contributed by atoms with E-state index in [1.807, 2.05) is 12.3 Å². The van der Waals surface area contributed by atoms with Crippen molar-refractivity contribution in [1.29, 1.82) is 0 Å². The molecule has 1 aliphatic carbocycles. The summed E-state index contributed by atoms with van der Waals surface area (Å²) in [6, 6.07) is 4.48. The molecule has 1 aliphatic rings. The third kappa shape index (κ3) is 3.25. The van der Waals surface area contributed by atoms with E-state index in [0.29, 0.717) is 19.1 Å². The van der Waals surface area contributed by atoms with Gasteiger partial charge >= 0.3 is 0 Å². The molecule has 0 aliphatic heterocycles. The first-order chi connectivity index (χ1) is 8.31. The number of fused-ring (bicyclic) bond motifs is 1. The van der Waals surface area contributed by atoms with Crippen molar-refractivity contribution in [2.24, 2.45) is 0 Å². The highest BCUT2D eigenvalue weighted by molar-refractivity contribution is 5.27. The van der Waals surface area contributed by atoms with Crippen LogP contribution in [0, 0.1) is 0 Å². The molecule has 0 amide bonds. The third-order valence-corrected chi connectivity index (χ3v) is 3.19. The van der Waals surface area contributed by atoms with Gasteiger partial charge in [0, 0.05) is 13.3 Å². The fourth-order valence-electron chi connectivity index (χ4n) is 2.31. The van der Waals surface area contributed by atoms with Crippen LogP contribution in [0.1, 0.15) is 30.1 Å². The lowest BCUT2D eigenvalue weighted by Crippen LogP contribution is -2.26. The second-order valence-corrected chi connectivity index (χ2v) is 4.49. The quantitative estimate of drug-likeness (QED) is 0.775. The van der Waals surface area contributed by atoms with Gasteiger partial charge < -0.3 is 15.2 Å². The molecular formula is C13H20N2O2. The van der Waals surface area contributed by atoms with E-state index in [9.17, 15) is 5.11 Å². The van der Waals surface area contributed by atoms with Gasteiger partial charge in [0.2, 0.25) is 0 Å². The minimum absolute atomic E-state index is 0.348. The Balaban J connectivity index is 1.78. The molecular weight excluding hydrogens is 216 g/mol. The number of methoxy groups -OCH3 is 1. The first-order valence-electron chi connectivity index (χ1n) is 6.15. The monoisotopic (exact) mass is 236 g/mol. The van der Waals surface area contributed by atoms with Crippen LogP contribution in [-0.4, -0.2) is 36.5 Å². The van der Waals surface area contributed by atoms with Gasteiger partial charge in [0.1, 0.15) is 0 Å². The fraction of sp³-hybridized carbons (Fsp3) is 0.615. The predicted octanol–water partition coefficient (Wildman–Crippen LogP) is 1.06. The van der Waals surface area contributed by atoms with Gasteiger partial charge in [0.25, 0.3) is 0 Å². The largest absolute Gasteiger partial charge is 0.391 e. The lowest BCUT2D eigenvalue weighted by molar-refractivity contribution is 0.0589. The van der Waals surface area contributed by atoms with Gasteiger partial charge in [0.15, 0.2) is 0 Å². The molecule has 1 heterocycles. The van der Waals surface area contributed by atoms with E-state index in [0.717, 1.165) is 19.4 Å². The molecule has 94 valence electrons. The molecule has 1 aromatic heterocycles. The van der Waals surface area contributed by atoms with Gasteiger partial charge in [-0.15, -0.1) is 0 Å². The number of aliphatic hydroxyl groups excluding tert-OH is 1. The van der Waals surface area contributed by atoms with Crippen molar-refractivity contribution in [2.75, 3.05) is 20.3 Å². The SMILES string of the molecule is COCC(O)CCNC1CCc2cccnc21. The van der Waals surface area contributed by atoms with Crippen molar-refractivity contribution in [3.63, 3.8) is 0 Å². The van der Waals surface area contributed by atoms with Crippen molar-refractivity contribution >= 4 is 0 Å². The normalized spacial score (nSPS) is 20.2. The number of hydrogen-bond donors (Lipinski definition) is 2. The summed E-state index contributed by atoms with van der Waals surface area (Å²) in [5.74, 6) is 0. The van der Waals surface area contributed by atoms with Crippen LogP contribution in [0.15, 0.2) is 18.3 Å². The van der Waals surface area contributed by atoms with Crippen LogP contribution < -0.4 is 5.32 Å². The zero-order valence-corrected chi connectivity index (χ0v) is 10.2. The maximum atomic E-state index is 9.54. The van der Waals surface area contributed by atoms with E-state index >= 15 is 0 Å². The summed E-state index contributed by atoms with van der Waals surface area (Å²) >= 11 is 0. The Bertz CT molecular complexity index is 357. The van der Waals surface area contributed by atoms with Crippen molar-refractivity contribution in [2.45, 2.75) is 31.4 Å². The van der Waals surface area contributed by atoms with E-state index in [1.54, 1.807) is 7.11 Å².